The minimum atomic E-state index is -4.73. The molecule has 1 saturated carbocycles. The zero-order valence-electron chi connectivity index (χ0n) is 12.5. The summed E-state index contributed by atoms with van der Waals surface area (Å²) in [4.78, 5) is 12.3. The summed E-state index contributed by atoms with van der Waals surface area (Å²) in [6, 6.07) is 6.16. The molecule has 2 N–H and O–H groups in total. The van der Waals surface area contributed by atoms with Gasteiger partial charge in [-0.3, -0.25) is 4.79 Å². The van der Waals surface area contributed by atoms with Crippen molar-refractivity contribution in [2.24, 2.45) is 5.92 Å². The summed E-state index contributed by atoms with van der Waals surface area (Å²) in [6.07, 6.45) is -2.22. The quantitative estimate of drug-likeness (QED) is 0.893. The van der Waals surface area contributed by atoms with Crippen LogP contribution in [0.25, 0.3) is 0 Å². The molecule has 3 rings (SSSR count). The van der Waals surface area contributed by atoms with Gasteiger partial charge in [-0.15, -0.1) is 13.2 Å². The summed E-state index contributed by atoms with van der Waals surface area (Å²) in [5, 5.41) is 6.20. The maximum absolute atomic E-state index is 12.5. The number of carbonyl (C=O) groups is 1. The van der Waals surface area contributed by atoms with Crippen LogP contribution in [0.4, 0.5) is 13.2 Å². The Morgan fingerprint density at radius 1 is 1.30 bits per heavy atom. The molecule has 1 saturated heterocycles. The van der Waals surface area contributed by atoms with Gasteiger partial charge in [-0.05, 0) is 43.4 Å². The lowest BCUT2D eigenvalue weighted by atomic mass is 10.1. The van der Waals surface area contributed by atoms with E-state index in [1.165, 1.54) is 12.1 Å². The lowest BCUT2D eigenvalue weighted by Crippen LogP contribution is -2.46. The largest absolute Gasteiger partial charge is 0.573 e. The van der Waals surface area contributed by atoms with Crippen LogP contribution in [0.3, 0.4) is 0 Å². The van der Waals surface area contributed by atoms with Gasteiger partial charge in [-0.2, -0.15) is 0 Å². The molecule has 3 atom stereocenters. The second-order valence-electron chi connectivity index (χ2n) is 6.09. The van der Waals surface area contributed by atoms with E-state index in [-0.39, 0.29) is 29.5 Å². The van der Waals surface area contributed by atoms with E-state index in [1.807, 2.05) is 0 Å². The van der Waals surface area contributed by atoms with E-state index in [9.17, 15) is 18.0 Å². The second-order valence-corrected chi connectivity index (χ2v) is 6.09. The number of rotatable bonds is 4. The van der Waals surface area contributed by atoms with Crippen molar-refractivity contribution in [1.29, 1.82) is 0 Å². The molecular formula is C16H19F3N2O2. The molecule has 126 valence electrons. The average Bonchev–Trinajstić information content (AvgIpc) is 3.28. The maximum atomic E-state index is 12.5. The molecule has 0 bridgehead atoms. The van der Waals surface area contributed by atoms with Crippen LogP contribution in [-0.4, -0.2) is 31.4 Å². The molecule has 1 heterocycles. The normalized spacial score (nSPS) is 27.3. The van der Waals surface area contributed by atoms with Gasteiger partial charge < -0.3 is 15.4 Å². The molecular weight excluding hydrogens is 309 g/mol. The number of carbonyl (C=O) groups excluding carboxylic acids is 1. The van der Waals surface area contributed by atoms with E-state index in [2.05, 4.69) is 15.4 Å². The molecule has 2 aliphatic rings. The van der Waals surface area contributed by atoms with E-state index in [0.717, 1.165) is 25.9 Å². The summed E-state index contributed by atoms with van der Waals surface area (Å²) in [5.41, 5.74) is 0.451. The van der Waals surface area contributed by atoms with Crippen molar-refractivity contribution in [3.05, 3.63) is 29.8 Å². The van der Waals surface area contributed by atoms with Gasteiger partial charge in [0.05, 0.1) is 0 Å². The molecule has 1 aromatic rings. The zero-order valence-corrected chi connectivity index (χ0v) is 12.5. The van der Waals surface area contributed by atoms with Crippen molar-refractivity contribution < 1.29 is 22.7 Å². The number of para-hydroxylation sites is 1. The van der Waals surface area contributed by atoms with Crippen molar-refractivity contribution in [2.75, 3.05) is 13.1 Å². The fraction of sp³-hybridized carbons (Fsp3) is 0.562. The van der Waals surface area contributed by atoms with E-state index >= 15 is 0 Å². The lowest BCUT2D eigenvalue weighted by Gasteiger charge is -2.23. The first kappa shape index (κ1) is 16.1. The number of amides is 1. The molecule has 1 aliphatic carbocycles. The first-order valence-corrected chi connectivity index (χ1v) is 7.80. The molecule has 1 amide bonds. The Bertz CT molecular complexity index is 571. The summed E-state index contributed by atoms with van der Waals surface area (Å²) in [6.45, 7) is 1.71. The highest BCUT2D eigenvalue weighted by atomic mass is 19.4. The molecule has 1 aliphatic heterocycles. The van der Waals surface area contributed by atoms with Crippen LogP contribution >= 0.6 is 0 Å². The Kier molecular flexibility index (Phi) is 4.48. The monoisotopic (exact) mass is 328 g/mol. The molecule has 7 heteroatoms. The number of halogens is 3. The SMILES string of the molecule is O=C(NC1CCCNC1)C1CC1c1ccccc1OC(F)(F)F. The third-order valence-electron chi connectivity index (χ3n) is 4.31. The fourth-order valence-corrected chi connectivity index (χ4v) is 3.12. The van der Waals surface area contributed by atoms with Crippen molar-refractivity contribution in [1.82, 2.24) is 10.6 Å². The summed E-state index contributed by atoms with van der Waals surface area (Å²) < 4.78 is 41.5. The number of nitrogens with one attached hydrogen (secondary N) is 2. The number of hydrogen-bond donors (Lipinski definition) is 2. The third-order valence-corrected chi connectivity index (χ3v) is 4.31. The summed E-state index contributed by atoms with van der Waals surface area (Å²) in [7, 11) is 0. The van der Waals surface area contributed by atoms with Gasteiger partial charge in [0.25, 0.3) is 0 Å². The van der Waals surface area contributed by atoms with Gasteiger partial charge in [-0.25, -0.2) is 0 Å². The molecule has 0 radical (unpaired) electrons. The van der Waals surface area contributed by atoms with Crippen LogP contribution in [0.15, 0.2) is 24.3 Å². The maximum Gasteiger partial charge on any atom is 0.573 e. The van der Waals surface area contributed by atoms with Gasteiger partial charge >= 0.3 is 6.36 Å². The van der Waals surface area contributed by atoms with Crippen LogP contribution < -0.4 is 15.4 Å². The fourth-order valence-electron chi connectivity index (χ4n) is 3.12. The minimum Gasteiger partial charge on any atom is -0.405 e. The molecule has 3 unspecified atom stereocenters. The molecule has 2 fully saturated rings. The van der Waals surface area contributed by atoms with Crippen molar-refractivity contribution in [2.45, 2.75) is 37.6 Å². The Labute approximate surface area is 132 Å². The highest BCUT2D eigenvalue weighted by Crippen LogP contribution is 2.51. The molecule has 23 heavy (non-hydrogen) atoms. The number of benzene rings is 1. The smallest absolute Gasteiger partial charge is 0.405 e. The first-order valence-electron chi connectivity index (χ1n) is 7.80. The third kappa shape index (κ3) is 4.16. The van der Waals surface area contributed by atoms with Gasteiger partial charge in [0, 0.05) is 18.5 Å². The van der Waals surface area contributed by atoms with Gasteiger partial charge in [0.15, 0.2) is 0 Å². The van der Waals surface area contributed by atoms with Crippen LogP contribution in [0.1, 0.15) is 30.7 Å². The Balaban J connectivity index is 1.62. The van der Waals surface area contributed by atoms with Crippen LogP contribution in [0.5, 0.6) is 5.75 Å². The van der Waals surface area contributed by atoms with E-state index in [1.54, 1.807) is 12.1 Å². The lowest BCUT2D eigenvalue weighted by molar-refractivity contribution is -0.274. The predicted octanol–water partition coefficient (Wildman–Crippen LogP) is 2.56. The number of alkyl halides is 3. The first-order chi connectivity index (χ1) is 10.9. The Morgan fingerprint density at radius 2 is 2.09 bits per heavy atom. The van der Waals surface area contributed by atoms with Gasteiger partial charge in [-0.1, -0.05) is 18.2 Å². The number of ether oxygens (including phenoxy) is 1. The zero-order chi connectivity index (χ0) is 16.4. The highest BCUT2D eigenvalue weighted by molar-refractivity contribution is 5.83. The summed E-state index contributed by atoms with van der Waals surface area (Å²) in [5.74, 6) is -0.759. The Hall–Kier alpha value is -1.76. The molecule has 4 nitrogen and oxygen atoms in total. The second kappa shape index (κ2) is 6.39. The van der Waals surface area contributed by atoms with Gasteiger partial charge in [0.2, 0.25) is 5.91 Å². The van der Waals surface area contributed by atoms with Crippen molar-refractivity contribution in [3.63, 3.8) is 0 Å². The van der Waals surface area contributed by atoms with E-state index in [4.69, 9.17) is 0 Å². The Morgan fingerprint density at radius 3 is 2.78 bits per heavy atom. The average molecular weight is 328 g/mol. The highest BCUT2D eigenvalue weighted by Gasteiger charge is 2.46. The standard InChI is InChI=1S/C16H19F3N2O2/c17-16(18,19)23-14-6-2-1-5-11(14)12-8-13(12)15(22)21-10-4-3-7-20-9-10/h1-2,5-6,10,12-13,20H,3-4,7-9H2,(H,21,22). The van der Waals surface area contributed by atoms with Crippen LogP contribution in [0, 0.1) is 5.92 Å². The molecule has 0 spiro atoms. The van der Waals surface area contributed by atoms with Crippen molar-refractivity contribution >= 4 is 5.91 Å². The summed E-state index contributed by atoms with van der Waals surface area (Å²) >= 11 is 0. The van der Waals surface area contributed by atoms with Gasteiger partial charge in [0.1, 0.15) is 5.75 Å². The van der Waals surface area contributed by atoms with Crippen LogP contribution in [0.2, 0.25) is 0 Å². The molecule has 1 aromatic carbocycles. The predicted molar refractivity (Wildman–Crippen MR) is 78.0 cm³/mol. The van der Waals surface area contributed by atoms with Crippen molar-refractivity contribution in [3.8, 4) is 5.75 Å². The minimum absolute atomic E-state index is 0.0782. The van der Waals surface area contributed by atoms with E-state index in [0.29, 0.717) is 12.0 Å². The topological polar surface area (TPSA) is 50.4 Å². The van der Waals surface area contributed by atoms with E-state index < -0.39 is 6.36 Å². The molecule has 0 aromatic heterocycles. The van der Waals surface area contributed by atoms with Crippen LogP contribution in [-0.2, 0) is 4.79 Å². The number of hydrogen-bond acceptors (Lipinski definition) is 3. The number of piperidine rings is 1.